The predicted molar refractivity (Wildman–Crippen MR) is 73.8 cm³/mol. The first-order valence-electron chi connectivity index (χ1n) is 6.68. The van der Waals surface area contributed by atoms with Crippen LogP contribution in [0.25, 0.3) is 0 Å². The Hall–Kier alpha value is -1.65. The molecule has 1 atom stereocenters. The third-order valence-corrected chi connectivity index (χ3v) is 3.66. The second-order valence-electron chi connectivity index (χ2n) is 5.30. The molecule has 3 rings (SSSR count). The van der Waals surface area contributed by atoms with Crippen molar-refractivity contribution in [1.82, 2.24) is 14.7 Å². The number of nitrogens with zero attached hydrogens (tertiary/aromatic N) is 3. The van der Waals surface area contributed by atoms with Gasteiger partial charge in [0.25, 0.3) is 0 Å². The summed E-state index contributed by atoms with van der Waals surface area (Å²) in [6, 6.07) is 10.3. The third-order valence-electron chi connectivity index (χ3n) is 3.66. The number of aliphatic hydroxyl groups excluding tert-OH is 1. The Balaban J connectivity index is 1.52. The van der Waals surface area contributed by atoms with Crippen molar-refractivity contribution in [1.29, 1.82) is 0 Å². The van der Waals surface area contributed by atoms with E-state index in [0.29, 0.717) is 12.6 Å². The Kier molecular flexibility index (Phi) is 3.36. The number of hydrogen-bond donors (Lipinski definition) is 1. The molecule has 1 aromatic carbocycles. The van der Waals surface area contributed by atoms with Crippen LogP contribution in [0.15, 0.2) is 42.7 Å². The molecule has 4 nitrogen and oxygen atoms in total. The highest BCUT2D eigenvalue weighted by Crippen LogP contribution is 2.24. The summed E-state index contributed by atoms with van der Waals surface area (Å²) in [6.07, 6.45) is 3.57. The molecule has 4 heteroatoms. The Morgan fingerprint density at radius 1 is 1.32 bits per heavy atom. The summed E-state index contributed by atoms with van der Waals surface area (Å²) in [4.78, 5) is 2.26. The summed E-state index contributed by atoms with van der Waals surface area (Å²) in [5.74, 6) is 0. The first kappa shape index (κ1) is 12.4. The van der Waals surface area contributed by atoms with Crippen molar-refractivity contribution in [2.24, 2.45) is 0 Å². The maximum absolute atomic E-state index is 10.2. The van der Waals surface area contributed by atoms with Crippen LogP contribution in [0.2, 0.25) is 0 Å². The lowest BCUT2D eigenvalue weighted by Gasteiger charge is -2.40. The van der Waals surface area contributed by atoms with Crippen LogP contribution in [-0.2, 0) is 0 Å². The fraction of sp³-hybridized carbons (Fsp3) is 0.400. The van der Waals surface area contributed by atoms with Crippen molar-refractivity contribution in [2.45, 2.75) is 19.1 Å². The zero-order chi connectivity index (χ0) is 13.2. The van der Waals surface area contributed by atoms with Crippen LogP contribution < -0.4 is 0 Å². The van der Waals surface area contributed by atoms with E-state index in [0.717, 1.165) is 18.7 Å². The number of aliphatic hydroxyl groups is 1. The summed E-state index contributed by atoms with van der Waals surface area (Å²) in [5.41, 5.74) is 2.18. The van der Waals surface area contributed by atoms with Crippen molar-refractivity contribution in [2.75, 3.05) is 19.6 Å². The minimum absolute atomic E-state index is 0.401. The highest BCUT2D eigenvalue weighted by Gasteiger charge is 2.30. The van der Waals surface area contributed by atoms with Gasteiger partial charge in [-0.15, -0.1) is 0 Å². The van der Waals surface area contributed by atoms with Crippen LogP contribution >= 0.6 is 0 Å². The molecule has 100 valence electrons. The van der Waals surface area contributed by atoms with Crippen molar-refractivity contribution in [3.05, 3.63) is 53.9 Å². The molecule has 2 aromatic rings. The van der Waals surface area contributed by atoms with Gasteiger partial charge in [0.2, 0.25) is 0 Å². The van der Waals surface area contributed by atoms with Crippen LogP contribution in [-0.4, -0.2) is 39.4 Å². The second-order valence-corrected chi connectivity index (χ2v) is 5.30. The number of hydrogen-bond acceptors (Lipinski definition) is 3. The normalized spacial score (nSPS) is 18.2. The lowest BCUT2D eigenvalue weighted by molar-refractivity contribution is 0.0401. The Bertz CT molecular complexity index is 531. The average molecular weight is 257 g/mol. The van der Waals surface area contributed by atoms with Gasteiger partial charge < -0.3 is 5.11 Å². The minimum atomic E-state index is -0.401. The number of aromatic nitrogens is 2. The third kappa shape index (κ3) is 2.69. The van der Waals surface area contributed by atoms with Crippen LogP contribution in [0, 0.1) is 6.92 Å². The number of β-amino-alcohol motifs (C(OH)–C–C–N with tert-alkyl or cyclic N) is 1. The molecule has 0 radical (unpaired) electrons. The fourth-order valence-electron chi connectivity index (χ4n) is 2.52. The van der Waals surface area contributed by atoms with E-state index in [2.05, 4.69) is 23.1 Å². The van der Waals surface area contributed by atoms with Crippen molar-refractivity contribution in [3.8, 4) is 0 Å². The molecule has 0 saturated carbocycles. The van der Waals surface area contributed by atoms with Gasteiger partial charge in [-0.2, -0.15) is 5.10 Å². The Morgan fingerprint density at radius 3 is 2.68 bits per heavy atom. The summed E-state index contributed by atoms with van der Waals surface area (Å²) < 4.78 is 2.03. The maximum Gasteiger partial charge on any atom is 0.0916 e. The van der Waals surface area contributed by atoms with Gasteiger partial charge in [-0.1, -0.05) is 30.3 Å². The predicted octanol–water partition coefficient (Wildman–Crippen LogP) is 1.78. The summed E-state index contributed by atoms with van der Waals surface area (Å²) in [7, 11) is 0. The van der Waals surface area contributed by atoms with Crippen LogP contribution in [0.1, 0.15) is 23.3 Å². The van der Waals surface area contributed by atoms with Crippen LogP contribution in [0.3, 0.4) is 0 Å². The van der Waals surface area contributed by atoms with Gasteiger partial charge >= 0.3 is 0 Å². The zero-order valence-corrected chi connectivity index (χ0v) is 11.1. The lowest BCUT2D eigenvalue weighted by Crippen LogP contribution is -2.49. The largest absolute Gasteiger partial charge is 0.387 e. The molecule has 1 unspecified atom stereocenters. The molecular weight excluding hydrogens is 238 g/mol. The molecule has 0 bridgehead atoms. The molecule has 1 aliphatic heterocycles. The van der Waals surface area contributed by atoms with Gasteiger partial charge in [-0.3, -0.25) is 9.58 Å². The van der Waals surface area contributed by atoms with E-state index >= 15 is 0 Å². The van der Waals surface area contributed by atoms with E-state index in [1.54, 1.807) is 0 Å². The summed E-state index contributed by atoms with van der Waals surface area (Å²) in [5, 5.41) is 14.5. The fourth-order valence-corrected chi connectivity index (χ4v) is 2.52. The van der Waals surface area contributed by atoms with Gasteiger partial charge in [0.15, 0.2) is 0 Å². The van der Waals surface area contributed by atoms with E-state index in [1.807, 2.05) is 41.2 Å². The molecule has 1 N–H and O–H groups in total. The van der Waals surface area contributed by atoms with Gasteiger partial charge in [-0.25, -0.2) is 0 Å². The number of aryl methyl sites for hydroxylation is 1. The molecule has 19 heavy (non-hydrogen) atoms. The van der Waals surface area contributed by atoms with E-state index < -0.39 is 6.10 Å². The van der Waals surface area contributed by atoms with Gasteiger partial charge in [0.1, 0.15) is 0 Å². The highest BCUT2D eigenvalue weighted by molar-refractivity contribution is 5.17. The zero-order valence-electron chi connectivity index (χ0n) is 11.1. The molecule has 0 amide bonds. The minimum Gasteiger partial charge on any atom is -0.387 e. The Labute approximate surface area is 113 Å². The number of likely N-dealkylation sites (tertiary alicyclic amines) is 1. The molecule has 2 heterocycles. The second kappa shape index (κ2) is 5.15. The van der Waals surface area contributed by atoms with E-state index in [9.17, 15) is 5.11 Å². The maximum atomic E-state index is 10.2. The molecule has 1 aliphatic rings. The SMILES string of the molecule is Cc1cnn(C2CN(CC(O)c3ccccc3)C2)c1. The molecule has 0 aliphatic carbocycles. The number of benzene rings is 1. The van der Waals surface area contributed by atoms with E-state index in [1.165, 1.54) is 5.56 Å². The molecular formula is C15H19N3O. The topological polar surface area (TPSA) is 41.3 Å². The smallest absolute Gasteiger partial charge is 0.0916 e. The van der Waals surface area contributed by atoms with Crippen molar-refractivity contribution in [3.63, 3.8) is 0 Å². The van der Waals surface area contributed by atoms with Crippen molar-refractivity contribution < 1.29 is 5.11 Å². The number of rotatable bonds is 4. The van der Waals surface area contributed by atoms with E-state index in [4.69, 9.17) is 0 Å². The summed E-state index contributed by atoms with van der Waals surface area (Å²) in [6.45, 7) is 4.68. The first-order chi connectivity index (χ1) is 9.22. The van der Waals surface area contributed by atoms with Gasteiger partial charge in [0.05, 0.1) is 18.3 Å². The quantitative estimate of drug-likeness (QED) is 0.907. The standard InChI is InChI=1S/C15H19N3O/c1-12-7-16-18(8-12)14-9-17(10-14)11-15(19)13-5-3-2-4-6-13/h2-8,14-15,19H,9-11H2,1H3. The molecule has 1 aromatic heterocycles. The van der Waals surface area contributed by atoms with Gasteiger partial charge in [-0.05, 0) is 18.1 Å². The van der Waals surface area contributed by atoms with Crippen LogP contribution in [0.4, 0.5) is 0 Å². The van der Waals surface area contributed by atoms with Crippen LogP contribution in [0.5, 0.6) is 0 Å². The first-order valence-corrected chi connectivity index (χ1v) is 6.68. The van der Waals surface area contributed by atoms with E-state index in [-0.39, 0.29) is 0 Å². The average Bonchev–Trinajstić information content (AvgIpc) is 2.80. The molecule has 1 saturated heterocycles. The van der Waals surface area contributed by atoms with Gasteiger partial charge in [0, 0.05) is 25.8 Å². The van der Waals surface area contributed by atoms with Crippen molar-refractivity contribution >= 4 is 0 Å². The highest BCUT2D eigenvalue weighted by atomic mass is 16.3. The summed E-state index contributed by atoms with van der Waals surface area (Å²) >= 11 is 0. The molecule has 1 fully saturated rings. The molecule has 0 spiro atoms. The monoisotopic (exact) mass is 257 g/mol. The lowest BCUT2D eigenvalue weighted by atomic mass is 10.1. The Morgan fingerprint density at radius 2 is 2.05 bits per heavy atom.